The smallest absolute Gasteiger partial charge is 0.181 e. The van der Waals surface area contributed by atoms with Crippen LogP contribution in [0, 0.1) is 5.82 Å². The Kier molecular flexibility index (Phi) is 4.43. The molecule has 2 N–H and O–H groups in total. The number of nitrogens with one attached hydrogen (secondary N) is 2. The molecule has 6 rings (SSSR count). The topological polar surface area (TPSA) is 96.0 Å². The molecule has 0 aliphatic heterocycles. The standard InChI is InChI=1S/C25H18FN7/c1-2-14-9-16(12-27-11-14)17-10-20-22(32-33-23(20)29-13-17)25-30-21-19(7-8-28-24(21)31-25)15-3-5-18(26)6-4-15/h3-13H,2H2,1H3,(H,28,30,31)(H,29,32,33). The SMILES string of the molecule is CCc1cncc(-c2cnc3n[nH]c(-c4nc5nccc(-c6ccc(F)cc6)c5[nH]4)c3c2)c1. The van der Waals surface area contributed by atoms with Crippen LogP contribution in [0.1, 0.15) is 12.5 Å². The lowest BCUT2D eigenvalue weighted by molar-refractivity contribution is 0.628. The van der Waals surface area contributed by atoms with Gasteiger partial charge in [0.25, 0.3) is 0 Å². The Morgan fingerprint density at radius 3 is 2.58 bits per heavy atom. The number of fused-ring (bicyclic) bond motifs is 2. The molecule has 0 aliphatic carbocycles. The third-order valence-electron chi connectivity index (χ3n) is 5.73. The Labute approximate surface area is 187 Å². The molecule has 1 aromatic carbocycles. The van der Waals surface area contributed by atoms with Crippen molar-refractivity contribution in [3.05, 3.63) is 78.6 Å². The maximum absolute atomic E-state index is 13.4. The second kappa shape index (κ2) is 7.59. The van der Waals surface area contributed by atoms with Crippen LogP contribution in [0.3, 0.4) is 0 Å². The molecule has 0 amide bonds. The van der Waals surface area contributed by atoms with Gasteiger partial charge in [-0.2, -0.15) is 5.10 Å². The molecule has 0 saturated heterocycles. The highest BCUT2D eigenvalue weighted by Gasteiger charge is 2.16. The van der Waals surface area contributed by atoms with Gasteiger partial charge in [0.15, 0.2) is 17.1 Å². The monoisotopic (exact) mass is 435 g/mol. The molecule has 0 bridgehead atoms. The molecule has 0 aliphatic rings. The van der Waals surface area contributed by atoms with Crippen molar-refractivity contribution in [1.29, 1.82) is 0 Å². The largest absolute Gasteiger partial charge is 0.335 e. The summed E-state index contributed by atoms with van der Waals surface area (Å²) in [6.45, 7) is 2.10. The highest BCUT2D eigenvalue weighted by molar-refractivity contribution is 5.96. The Balaban J connectivity index is 1.48. The first-order chi connectivity index (χ1) is 16.2. The van der Waals surface area contributed by atoms with E-state index < -0.39 is 0 Å². The number of rotatable bonds is 4. The van der Waals surface area contributed by atoms with Crippen molar-refractivity contribution >= 4 is 22.2 Å². The summed E-state index contributed by atoms with van der Waals surface area (Å²) in [4.78, 5) is 21.3. The van der Waals surface area contributed by atoms with Crippen LogP contribution in [-0.4, -0.2) is 35.1 Å². The van der Waals surface area contributed by atoms with Crippen molar-refractivity contribution in [2.24, 2.45) is 0 Å². The van der Waals surface area contributed by atoms with Gasteiger partial charge in [0.1, 0.15) is 11.5 Å². The molecule has 33 heavy (non-hydrogen) atoms. The minimum absolute atomic E-state index is 0.277. The van der Waals surface area contributed by atoms with Crippen molar-refractivity contribution < 1.29 is 4.39 Å². The number of imidazole rings is 1. The van der Waals surface area contributed by atoms with E-state index in [1.165, 1.54) is 12.1 Å². The van der Waals surface area contributed by atoms with Gasteiger partial charge in [-0.15, -0.1) is 0 Å². The van der Waals surface area contributed by atoms with E-state index in [0.29, 0.717) is 17.1 Å². The quantitative estimate of drug-likeness (QED) is 0.390. The first-order valence-corrected chi connectivity index (χ1v) is 10.6. The van der Waals surface area contributed by atoms with Gasteiger partial charge in [-0.05, 0) is 47.9 Å². The van der Waals surface area contributed by atoms with E-state index in [1.54, 1.807) is 24.5 Å². The van der Waals surface area contributed by atoms with E-state index in [2.05, 4.69) is 48.1 Å². The number of aryl methyl sites for hydroxylation is 1. The summed E-state index contributed by atoms with van der Waals surface area (Å²) in [5.41, 5.74) is 7.54. The number of aromatic nitrogens is 7. The third-order valence-corrected chi connectivity index (χ3v) is 5.73. The molecule has 5 aromatic heterocycles. The van der Waals surface area contributed by atoms with E-state index >= 15 is 0 Å². The fourth-order valence-electron chi connectivity index (χ4n) is 3.98. The van der Waals surface area contributed by atoms with Crippen LogP contribution in [0.15, 0.2) is 67.3 Å². The molecule has 6 aromatic rings. The Morgan fingerprint density at radius 2 is 1.73 bits per heavy atom. The summed E-state index contributed by atoms with van der Waals surface area (Å²) in [5.74, 6) is 0.329. The summed E-state index contributed by atoms with van der Waals surface area (Å²) >= 11 is 0. The predicted molar refractivity (Wildman–Crippen MR) is 125 cm³/mol. The summed E-state index contributed by atoms with van der Waals surface area (Å²) in [7, 11) is 0. The molecule has 0 atom stereocenters. The number of benzene rings is 1. The zero-order chi connectivity index (χ0) is 22.4. The molecule has 8 heteroatoms. The molecule has 0 unspecified atom stereocenters. The summed E-state index contributed by atoms with van der Waals surface area (Å²) < 4.78 is 13.4. The van der Waals surface area contributed by atoms with E-state index in [0.717, 1.165) is 50.8 Å². The first kappa shape index (κ1) is 19.2. The van der Waals surface area contributed by atoms with Gasteiger partial charge in [-0.25, -0.2) is 19.3 Å². The average molecular weight is 435 g/mol. The average Bonchev–Trinajstić information content (AvgIpc) is 3.48. The molecule has 7 nitrogen and oxygen atoms in total. The second-order valence-corrected chi connectivity index (χ2v) is 7.78. The molecule has 0 saturated carbocycles. The lowest BCUT2D eigenvalue weighted by Crippen LogP contribution is -1.87. The molecular weight excluding hydrogens is 417 g/mol. The van der Waals surface area contributed by atoms with Crippen LogP contribution in [0.2, 0.25) is 0 Å². The number of halogens is 1. The Hall–Kier alpha value is -4.46. The van der Waals surface area contributed by atoms with E-state index in [1.807, 2.05) is 24.5 Å². The van der Waals surface area contributed by atoms with Crippen LogP contribution in [0.25, 0.3) is 56.0 Å². The third kappa shape index (κ3) is 3.32. The van der Waals surface area contributed by atoms with Gasteiger partial charge in [-0.1, -0.05) is 19.1 Å². The Morgan fingerprint density at radius 1 is 0.879 bits per heavy atom. The van der Waals surface area contributed by atoms with Gasteiger partial charge >= 0.3 is 0 Å². The summed E-state index contributed by atoms with van der Waals surface area (Å²) in [6.07, 6.45) is 8.12. The summed E-state index contributed by atoms with van der Waals surface area (Å²) in [6, 6.07) is 12.4. The number of hydrogen-bond donors (Lipinski definition) is 2. The molecule has 0 radical (unpaired) electrons. The minimum atomic E-state index is -0.277. The highest BCUT2D eigenvalue weighted by Crippen LogP contribution is 2.32. The van der Waals surface area contributed by atoms with Gasteiger partial charge < -0.3 is 4.98 Å². The van der Waals surface area contributed by atoms with Crippen molar-refractivity contribution in [3.8, 4) is 33.8 Å². The predicted octanol–water partition coefficient (Wildman–Crippen LogP) is 5.33. The fourth-order valence-corrected chi connectivity index (χ4v) is 3.98. The van der Waals surface area contributed by atoms with Crippen molar-refractivity contribution in [3.63, 3.8) is 0 Å². The zero-order valence-corrected chi connectivity index (χ0v) is 17.7. The normalized spacial score (nSPS) is 11.5. The van der Waals surface area contributed by atoms with E-state index in [-0.39, 0.29) is 5.82 Å². The second-order valence-electron chi connectivity index (χ2n) is 7.78. The maximum Gasteiger partial charge on any atom is 0.181 e. The number of pyridine rings is 3. The van der Waals surface area contributed by atoms with Gasteiger partial charge in [-0.3, -0.25) is 10.1 Å². The van der Waals surface area contributed by atoms with Crippen LogP contribution >= 0.6 is 0 Å². The fraction of sp³-hybridized carbons (Fsp3) is 0.0800. The number of aromatic amines is 2. The van der Waals surface area contributed by atoms with Crippen LogP contribution in [0.4, 0.5) is 4.39 Å². The van der Waals surface area contributed by atoms with Gasteiger partial charge in [0, 0.05) is 41.5 Å². The number of H-pyrrole nitrogens is 2. The van der Waals surface area contributed by atoms with Gasteiger partial charge in [0.2, 0.25) is 0 Å². The number of hydrogen-bond acceptors (Lipinski definition) is 5. The van der Waals surface area contributed by atoms with E-state index in [9.17, 15) is 4.39 Å². The van der Waals surface area contributed by atoms with Crippen molar-refractivity contribution in [2.75, 3.05) is 0 Å². The van der Waals surface area contributed by atoms with Crippen molar-refractivity contribution in [1.82, 2.24) is 35.1 Å². The molecular formula is C25H18FN7. The summed E-state index contributed by atoms with van der Waals surface area (Å²) in [5, 5.41) is 8.25. The number of nitrogens with zero attached hydrogens (tertiary/aromatic N) is 5. The lowest BCUT2D eigenvalue weighted by atomic mass is 10.1. The van der Waals surface area contributed by atoms with Crippen molar-refractivity contribution in [2.45, 2.75) is 13.3 Å². The van der Waals surface area contributed by atoms with Crippen LogP contribution in [0.5, 0.6) is 0 Å². The molecule has 160 valence electrons. The maximum atomic E-state index is 13.4. The molecule has 0 spiro atoms. The zero-order valence-electron chi connectivity index (χ0n) is 17.7. The first-order valence-electron chi connectivity index (χ1n) is 10.6. The molecule has 0 fully saturated rings. The van der Waals surface area contributed by atoms with Crippen LogP contribution in [-0.2, 0) is 6.42 Å². The van der Waals surface area contributed by atoms with Gasteiger partial charge in [0.05, 0.1) is 10.9 Å². The van der Waals surface area contributed by atoms with E-state index in [4.69, 9.17) is 0 Å². The minimum Gasteiger partial charge on any atom is -0.335 e. The highest BCUT2D eigenvalue weighted by atomic mass is 19.1. The van der Waals surface area contributed by atoms with Crippen LogP contribution < -0.4 is 0 Å². The molecule has 5 heterocycles. The lowest BCUT2D eigenvalue weighted by Gasteiger charge is -2.03. The Bertz CT molecular complexity index is 1620.